The highest BCUT2D eigenvalue weighted by Crippen LogP contribution is 2.29. The summed E-state index contributed by atoms with van der Waals surface area (Å²) in [7, 11) is 2.81. The second-order valence-electron chi connectivity index (χ2n) is 3.19. The number of anilines is 1. The summed E-state index contributed by atoms with van der Waals surface area (Å²) in [5.41, 5.74) is 6.16. The van der Waals surface area contributed by atoms with Crippen LogP contribution in [0.2, 0.25) is 0 Å². The normalized spacial score (nSPS) is 11.7. The Morgan fingerprint density at radius 2 is 2.00 bits per heavy atom. The Balaban J connectivity index is 2.84. The van der Waals surface area contributed by atoms with Crippen molar-refractivity contribution in [1.29, 1.82) is 0 Å². The lowest BCUT2D eigenvalue weighted by Gasteiger charge is -2.15. The Kier molecular flexibility index (Phi) is 3.99. The van der Waals surface area contributed by atoms with E-state index in [0.717, 1.165) is 0 Å². The van der Waals surface area contributed by atoms with Gasteiger partial charge >= 0.3 is 5.97 Å². The molecule has 5 heteroatoms. The first-order valence-electron chi connectivity index (χ1n) is 4.76. The summed E-state index contributed by atoms with van der Waals surface area (Å²) in [5.74, 6) is 0.490. The molecule has 0 aliphatic carbocycles. The van der Waals surface area contributed by atoms with Crippen LogP contribution in [-0.4, -0.2) is 26.3 Å². The average molecular weight is 225 g/mol. The van der Waals surface area contributed by atoms with Crippen LogP contribution in [0.4, 0.5) is 5.69 Å². The van der Waals surface area contributed by atoms with Crippen molar-refractivity contribution in [2.24, 2.45) is 0 Å². The molecule has 0 spiro atoms. The number of hydrogen-bond acceptors (Lipinski definition) is 5. The summed E-state index contributed by atoms with van der Waals surface area (Å²) in [5, 5.41) is 0. The molecule has 1 atom stereocenters. The number of hydrogen-bond donors (Lipinski definition) is 1. The maximum absolute atomic E-state index is 11.2. The Labute approximate surface area is 94.1 Å². The molecule has 1 unspecified atom stereocenters. The summed E-state index contributed by atoms with van der Waals surface area (Å²) in [6.07, 6.45) is -0.692. The maximum Gasteiger partial charge on any atom is 0.346 e. The fourth-order valence-corrected chi connectivity index (χ4v) is 1.19. The summed E-state index contributed by atoms with van der Waals surface area (Å²) in [6.45, 7) is 1.60. The van der Waals surface area contributed by atoms with Crippen molar-refractivity contribution in [3.8, 4) is 11.5 Å². The molecule has 0 aliphatic heterocycles. The number of rotatable bonds is 4. The Bertz CT molecular complexity index is 378. The molecular weight excluding hydrogens is 210 g/mol. The van der Waals surface area contributed by atoms with E-state index in [4.69, 9.17) is 15.2 Å². The zero-order valence-electron chi connectivity index (χ0n) is 9.52. The third-order valence-corrected chi connectivity index (χ3v) is 2.02. The van der Waals surface area contributed by atoms with Crippen LogP contribution in [0.1, 0.15) is 6.92 Å². The van der Waals surface area contributed by atoms with Gasteiger partial charge in [0.05, 0.1) is 14.2 Å². The van der Waals surface area contributed by atoms with E-state index in [1.807, 2.05) is 0 Å². The monoisotopic (exact) mass is 225 g/mol. The highest BCUT2D eigenvalue weighted by molar-refractivity contribution is 5.74. The zero-order valence-corrected chi connectivity index (χ0v) is 9.52. The lowest BCUT2D eigenvalue weighted by molar-refractivity contribution is -0.147. The van der Waals surface area contributed by atoms with Crippen LogP contribution in [0.3, 0.4) is 0 Å². The molecule has 1 aromatic rings. The van der Waals surface area contributed by atoms with Gasteiger partial charge in [-0.2, -0.15) is 0 Å². The zero-order chi connectivity index (χ0) is 12.1. The maximum atomic E-state index is 11.2. The molecule has 0 fully saturated rings. The van der Waals surface area contributed by atoms with Crippen LogP contribution in [0, 0.1) is 0 Å². The molecule has 88 valence electrons. The van der Waals surface area contributed by atoms with Crippen LogP contribution < -0.4 is 15.2 Å². The van der Waals surface area contributed by atoms with Crippen molar-refractivity contribution < 1.29 is 19.0 Å². The second-order valence-corrected chi connectivity index (χ2v) is 3.19. The Morgan fingerprint density at radius 3 is 2.56 bits per heavy atom. The predicted molar refractivity (Wildman–Crippen MR) is 59.5 cm³/mol. The van der Waals surface area contributed by atoms with Gasteiger partial charge in [0.25, 0.3) is 0 Å². The lowest BCUT2D eigenvalue weighted by atomic mass is 10.3. The highest BCUT2D eigenvalue weighted by Gasteiger charge is 2.16. The molecule has 1 aromatic carbocycles. The van der Waals surface area contributed by atoms with Crippen LogP contribution in [0.5, 0.6) is 11.5 Å². The van der Waals surface area contributed by atoms with Crippen molar-refractivity contribution >= 4 is 11.7 Å². The fourth-order valence-electron chi connectivity index (χ4n) is 1.19. The van der Waals surface area contributed by atoms with E-state index in [0.29, 0.717) is 17.2 Å². The third kappa shape index (κ3) is 2.79. The fraction of sp³-hybridized carbons (Fsp3) is 0.364. The molecule has 0 radical (unpaired) electrons. The molecular formula is C11H15NO4. The quantitative estimate of drug-likeness (QED) is 0.616. The van der Waals surface area contributed by atoms with E-state index in [9.17, 15) is 4.79 Å². The molecule has 0 bridgehead atoms. The number of nitrogens with two attached hydrogens (primary N) is 1. The van der Waals surface area contributed by atoms with E-state index in [1.165, 1.54) is 14.2 Å². The molecule has 2 N–H and O–H groups in total. The van der Waals surface area contributed by atoms with E-state index >= 15 is 0 Å². The third-order valence-electron chi connectivity index (χ3n) is 2.02. The second kappa shape index (κ2) is 5.25. The van der Waals surface area contributed by atoms with Crippen molar-refractivity contribution in [3.63, 3.8) is 0 Å². The topological polar surface area (TPSA) is 70.8 Å². The van der Waals surface area contributed by atoms with Gasteiger partial charge in [0.2, 0.25) is 0 Å². The molecule has 0 aromatic heterocycles. The number of nitrogen functional groups attached to an aromatic ring is 1. The summed E-state index contributed by atoms with van der Waals surface area (Å²) in [6, 6.07) is 4.94. The minimum absolute atomic E-state index is 0.445. The Morgan fingerprint density at radius 1 is 1.31 bits per heavy atom. The first kappa shape index (κ1) is 12.2. The van der Waals surface area contributed by atoms with Crippen LogP contribution in [0.25, 0.3) is 0 Å². The van der Waals surface area contributed by atoms with Gasteiger partial charge in [0.15, 0.2) is 17.6 Å². The SMILES string of the molecule is COC(=O)C(C)Oc1ccc(N)cc1OC. The van der Waals surface area contributed by atoms with Gasteiger partial charge in [-0.25, -0.2) is 4.79 Å². The largest absolute Gasteiger partial charge is 0.493 e. The first-order chi connectivity index (χ1) is 7.58. The number of esters is 1. The highest BCUT2D eigenvalue weighted by atomic mass is 16.6. The van der Waals surface area contributed by atoms with Crippen LogP contribution in [0.15, 0.2) is 18.2 Å². The molecule has 0 saturated heterocycles. The number of carbonyl (C=O) groups is 1. The molecule has 1 rings (SSSR count). The van der Waals surface area contributed by atoms with Gasteiger partial charge in [-0.15, -0.1) is 0 Å². The van der Waals surface area contributed by atoms with Crippen molar-refractivity contribution in [2.75, 3.05) is 20.0 Å². The number of ether oxygens (including phenoxy) is 3. The van der Waals surface area contributed by atoms with Gasteiger partial charge in [0, 0.05) is 11.8 Å². The smallest absolute Gasteiger partial charge is 0.346 e. The number of methoxy groups -OCH3 is 2. The van der Waals surface area contributed by atoms with Crippen molar-refractivity contribution in [3.05, 3.63) is 18.2 Å². The predicted octanol–water partition coefficient (Wildman–Crippen LogP) is 1.22. The van der Waals surface area contributed by atoms with Gasteiger partial charge in [-0.1, -0.05) is 0 Å². The van der Waals surface area contributed by atoms with E-state index in [1.54, 1.807) is 25.1 Å². The standard InChI is InChI=1S/C11H15NO4/c1-7(11(13)15-3)16-9-5-4-8(12)6-10(9)14-2/h4-7H,12H2,1-3H3. The van der Waals surface area contributed by atoms with Gasteiger partial charge in [-0.3, -0.25) is 0 Å². The number of carbonyl (C=O) groups excluding carboxylic acids is 1. The lowest BCUT2D eigenvalue weighted by Crippen LogP contribution is -2.25. The summed E-state index contributed by atoms with van der Waals surface area (Å²) >= 11 is 0. The minimum atomic E-state index is -0.692. The average Bonchev–Trinajstić information content (AvgIpc) is 2.30. The van der Waals surface area contributed by atoms with E-state index in [2.05, 4.69) is 4.74 Å². The Hall–Kier alpha value is -1.91. The van der Waals surface area contributed by atoms with E-state index in [-0.39, 0.29) is 0 Å². The van der Waals surface area contributed by atoms with E-state index < -0.39 is 12.1 Å². The number of benzene rings is 1. The first-order valence-corrected chi connectivity index (χ1v) is 4.76. The van der Waals surface area contributed by atoms with Gasteiger partial charge in [-0.05, 0) is 19.1 Å². The van der Waals surface area contributed by atoms with Gasteiger partial charge < -0.3 is 19.9 Å². The molecule has 16 heavy (non-hydrogen) atoms. The molecule has 0 saturated carbocycles. The summed E-state index contributed by atoms with van der Waals surface area (Å²) < 4.78 is 15.0. The molecule has 0 heterocycles. The molecule has 5 nitrogen and oxygen atoms in total. The molecule has 0 amide bonds. The minimum Gasteiger partial charge on any atom is -0.493 e. The van der Waals surface area contributed by atoms with Crippen LogP contribution in [-0.2, 0) is 9.53 Å². The van der Waals surface area contributed by atoms with Crippen molar-refractivity contribution in [1.82, 2.24) is 0 Å². The molecule has 0 aliphatic rings. The van der Waals surface area contributed by atoms with Gasteiger partial charge in [0.1, 0.15) is 0 Å². The van der Waals surface area contributed by atoms with Crippen LogP contribution >= 0.6 is 0 Å². The van der Waals surface area contributed by atoms with Crippen molar-refractivity contribution in [2.45, 2.75) is 13.0 Å². The summed E-state index contributed by atoms with van der Waals surface area (Å²) in [4.78, 5) is 11.2.